The second-order valence-corrected chi connectivity index (χ2v) is 11.0. The summed E-state index contributed by atoms with van der Waals surface area (Å²) in [6.45, 7) is 8.21. The molecule has 1 N–H and O–H groups in total. The van der Waals surface area contributed by atoms with E-state index in [1.54, 1.807) is 0 Å². The van der Waals surface area contributed by atoms with E-state index in [4.69, 9.17) is 4.74 Å². The number of nitro benzene ring substituents is 1. The highest BCUT2D eigenvalue weighted by Crippen LogP contribution is 2.39. The number of hydrogen-bond donors (Lipinski definition) is 1. The maximum Gasteiger partial charge on any atom is 0.273 e. The smallest absolute Gasteiger partial charge is 0.273 e. The highest BCUT2D eigenvalue weighted by molar-refractivity contribution is 6.72. The number of nitro groups is 1. The lowest BCUT2D eigenvalue weighted by Gasteiger charge is -2.35. The van der Waals surface area contributed by atoms with E-state index in [0.717, 1.165) is 6.42 Å². The Labute approximate surface area is 131 Å². The third kappa shape index (κ3) is 4.64. The van der Waals surface area contributed by atoms with Crippen molar-refractivity contribution in [1.29, 1.82) is 0 Å². The predicted octanol–water partition coefficient (Wildman–Crippen LogP) is 3.54. The van der Waals surface area contributed by atoms with Crippen LogP contribution in [0.15, 0.2) is 18.2 Å². The van der Waals surface area contributed by atoms with Crippen LogP contribution in [0.1, 0.15) is 37.0 Å². The predicted molar refractivity (Wildman–Crippen MR) is 87.0 cm³/mol. The Morgan fingerprint density at radius 3 is 2.55 bits per heavy atom. The molecule has 0 radical (unpaired) electrons. The van der Waals surface area contributed by atoms with Gasteiger partial charge in [0.1, 0.15) is 5.75 Å². The largest absolute Gasteiger partial charge is 0.493 e. The van der Waals surface area contributed by atoms with Gasteiger partial charge in [-0.2, -0.15) is 0 Å². The summed E-state index contributed by atoms with van der Waals surface area (Å²) >= 11 is 0. The van der Waals surface area contributed by atoms with Crippen molar-refractivity contribution in [2.45, 2.75) is 44.8 Å². The number of nitrogens with zero attached hydrogens (tertiary/aromatic N) is 1. The maximum atomic E-state index is 11.0. The first-order valence-corrected chi connectivity index (χ1v) is 10.1. The molecule has 0 fully saturated rings. The van der Waals surface area contributed by atoms with Crippen LogP contribution in [0, 0.1) is 10.1 Å². The number of hydrogen-bond acceptors (Lipinski definition) is 5. The van der Waals surface area contributed by atoms with E-state index in [1.807, 2.05) is 26.9 Å². The molecule has 0 saturated heterocycles. The fourth-order valence-corrected chi connectivity index (χ4v) is 2.65. The van der Waals surface area contributed by atoms with Crippen molar-refractivity contribution < 1.29 is 19.3 Å². The van der Waals surface area contributed by atoms with E-state index < -0.39 is 13.2 Å². The summed E-state index contributed by atoms with van der Waals surface area (Å²) in [7, 11) is -2.26. The zero-order chi connectivity index (χ0) is 17.0. The fourth-order valence-electron chi connectivity index (χ4n) is 1.86. The van der Waals surface area contributed by atoms with Gasteiger partial charge < -0.3 is 9.53 Å². The van der Waals surface area contributed by atoms with E-state index in [2.05, 4.69) is 0 Å². The fraction of sp³-hybridized carbons (Fsp3) is 0.533. The van der Waals surface area contributed by atoms with E-state index in [1.165, 1.54) is 18.2 Å². The molecule has 6 nitrogen and oxygen atoms in total. The third-order valence-electron chi connectivity index (χ3n) is 4.19. The van der Waals surface area contributed by atoms with E-state index in [-0.39, 0.29) is 16.5 Å². The summed E-state index contributed by atoms with van der Waals surface area (Å²) < 4.78 is 5.53. The van der Waals surface area contributed by atoms with Gasteiger partial charge in [0, 0.05) is 6.07 Å². The average molecular weight is 325 g/mol. The van der Waals surface area contributed by atoms with Crippen LogP contribution in [0.25, 0.3) is 0 Å². The Hall–Kier alpha value is -1.73. The molecule has 122 valence electrons. The Bertz CT molecular complexity index is 551. The molecule has 0 aliphatic rings. The molecule has 0 bridgehead atoms. The SMILES string of the molecule is CC(C)(CCCOc1cc([N+](=O)[O-])ccc1C=O)[Si](C)(C)O. The Morgan fingerprint density at radius 2 is 2.05 bits per heavy atom. The third-order valence-corrected chi connectivity index (χ3v) is 7.76. The van der Waals surface area contributed by atoms with Crippen LogP contribution in [-0.4, -0.2) is 30.9 Å². The molecule has 0 atom stereocenters. The van der Waals surface area contributed by atoms with Gasteiger partial charge in [-0.1, -0.05) is 13.8 Å². The quantitative estimate of drug-likeness (QED) is 0.259. The van der Waals surface area contributed by atoms with Crippen molar-refractivity contribution in [3.05, 3.63) is 33.9 Å². The highest BCUT2D eigenvalue weighted by Gasteiger charge is 2.37. The van der Waals surface area contributed by atoms with E-state index >= 15 is 0 Å². The average Bonchev–Trinajstić information content (AvgIpc) is 2.42. The van der Waals surface area contributed by atoms with Crippen molar-refractivity contribution in [2.24, 2.45) is 0 Å². The molecule has 22 heavy (non-hydrogen) atoms. The second kappa shape index (κ2) is 7.02. The summed E-state index contributed by atoms with van der Waals surface area (Å²) in [5.74, 6) is 0.225. The summed E-state index contributed by atoms with van der Waals surface area (Å²) in [4.78, 5) is 31.4. The van der Waals surface area contributed by atoms with Crippen LogP contribution in [0.3, 0.4) is 0 Å². The molecule has 0 unspecified atom stereocenters. The zero-order valence-electron chi connectivity index (χ0n) is 13.5. The topological polar surface area (TPSA) is 89.7 Å². The first-order chi connectivity index (χ1) is 10.1. The minimum absolute atomic E-state index is 0.107. The lowest BCUT2D eigenvalue weighted by molar-refractivity contribution is -0.384. The normalized spacial score (nSPS) is 12.0. The number of carbonyl (C=O) groups is 1. The van der Waals surface area contributed by atoms with Crippen molar-refractivity contribution in [3.8, 4) is 5.75 Å². The summed E-state index contributed by atoms with van der Waals surface area (Å²) in [6.07, 6.45) is 2.10. The van der Waals surface area contributed by atoms with Crippen LogP contribution in [-0.2, 0) is 0 Å². The summed E-state index contributed by atoms with van der Waals surface area (Å²) in [5.41, 5.74) is 0.187. The molecular formula is C15H23NO5Si. The first kappa shape index (κ1) is 18.3. The highest BCUT2D eigenvalue weighted by atomic mass is 28.4. The van der Waals surface area contributed by atoms with Gasteiger partial charge in [0.25, 0.3) is 5.69 Å². The minimum Gasteiger partial charge on any atom is -0.493 e. The molecular weight excluding hydrogens is 302 g/mol. The number of ether oxygens (including phenoxy) is 1. The van der Waals surface area contributed by atoms with Crippen molar-refractivity contribution >= 4 is 20.3 Å². The molecule has 7 heteroatoms. The van der Waals surface area contributed by atoms with Crippen LogP contribution in [0.2, 0.25) is 18.1 Å². The van der Waals surface area contributed by atoms with Gasteiger partial charge in [0.05, 0.1) is 23.2 Å². The van der Waals surface area contributed by atoms with Gasteiger partial charge in [-0.15, -0.1) is 0 Å². The van der Waals surface area contributed by atoms with E-state index in [0.29, 0.717) is 24.9 Å². The molecule has 0 spiro atoms. The van der Waals surface area contributed by atoms with Crippen LogP contribution < -0.4 is 4.74 Å². The monoisotopic (exact) mass is 325 g/mol. The Balaban J connectivity index is 2.67. The van der Waals surface area contributed by atoms with Gasteiger partial charge in [-0.25, -0.2) is 0 Å². The molecule has 0 saturated carbocycles. The molecule has 0 aliphatic heterocycles. The van der Waals surface area contributed by atoms with Crippen LogP contribution in [0.4, 0.5) is 5.69 Å². The number of benzene rings is 1. The van der Waals surface area contributed by atoms with Crippen molar-refractivity contribution in [2.75, 3.05) is 6.61 Å². The van der Waals surface area contributed by atoms with Gasteiger partial charge in [-0.05, 0) is 37.0 Å². The van der Waals surface area contributed by atoms with E-state index in [9.17, 15) is 19.7 Å². The lowest BCUT2D eigenvalue weighted by Crippen LogP contribution is -2.39. The molecule has 1 aromatic rings. The second-order valence-electron chi connectivity index (χ2n) is 6.49. The van der Waals surface area contributed by atoms with Gasteiger partial charge in [0.15, 0.2) is 14.6 Å². The number of carbonyl (C=O) groups excluding carboxylic acids is 1. The molecule has 0 aromatic heterocycles. The number of aldehydes is 1. The van der Waals surface area contributed by atoms with Crippen LogP contribution in [0.5, 0.6) is 5.75 Å². The standard InChI is InChI=1S/C15H23NO5Si/c1-15(2,22(3,4)20)8-5-9-21-14-10-13(16(18)19)7-6-12(14)11-17/h6-7,10-11,20H,5,8-9H2,1-4H3. The summed E-state index contributed by atoms with van der Waals surface area (Å²) in [6, 6.07) is 3.92. The Morgan fingerprint density at radius 1 is 1.41 bits per heavy atom. The van der Waals surface area contributed by atoms with Crippen molar-refractivity contribution in [3.63, 3.8) is 0 Å². The van der Waals surface area contributed by atoms with Gasteiger partial charge >= 0.3 is 0 Å². The molecule has 1 rings (SSSR count). The summed E-state index contributed by atoms with van der Waals surface area (Å²) in [5, 5.41) is 10.6. The lowest BCUT2D eigenvalue weighted by atomic mass is 10.1. The van der Waals surface area contributed by atoms with Gasteiger partial charge in [0.2, 0.25) is 0 Å². The van der Waals surface area contributed by atoms with Crippen LogP contribution >= 0.6 is 0 Å². The number of non-ortho nitro benzene ring substituents is 1. The van der Waals surface area contributed by atoms with Crippen molar-refractivity contribution in [1.82, 2.24) is 0 Å². The number of rotatable bonds is 8. The van der Waals surface area contributed by atoms with Gasteiger partial charge in [-0.3, -0.25) is 14.9 Å². The maximum absolute atomic E-state index is 11.0. The molecule has 1 aromatic carbocycles. The Kier molecular flexibility index (Phi) is 5.84. The molecule has 0 heterocycles. The molecule has 0 aliphatic carbocycles. The first-order valence-electron chi connectivity index (χ1n) is 7.17. The molecule has 0 amide bonds. The minimum atomic E-state index is -2.26. The zero-order valence-corrected chi connectivity index (χ0v) is 14.5.